The van der Waals surface area contributed by atoms with E-state index in [9.17, 15) is 13.2 Å². The van der Waals surface area contributed by atoms with E-state index in [1.54, 1.807) is 0 Å². The summed E-state index contributed by atoms with van der Waals surface area (Å²) in [6.07, 6.45) is 16.2. The van der Waals surface area contributed by atoms with Crippen molar-refractivity contribution in [3.8, 4) is 24.7 Å². The molecular formula is C22H23F3. The Kier molecular flexibility index (Phi) is 6.38. The second-order valence-corrected chi connectivity index (χ2v) is 6.79. The first-order valence-electron chi connectivity index (χ1n) is 8.74. The fourth-order valence-corrected chi connectivity index (χ4v) is 3.75. The monoisotopic (exact) mass is 344 g/mol. The lowest BCUT2D eigenvalue weighted by Crippen LogP contribution is -2.19. The van der Waals surface area contributed by atoms with Gasteiger partial charge in [0.25, 0.3) is 0 Å². The zero-order valence-electron chi connectivity index (χ0n) is 14.6. The highest BCUT2D eigenvalue weighted by Crippen LogP contribution is 2.37. The molecule has 1 aliphatic rings. The van der Waals surface area contributed by atoms with Crippen molar-refractivity contribution in [1.29, 1.82) is 0 Å². The third kappa shape index (κ3) is 3.93. The van der Waals surface area contributed by atoms with Crippen LogP contribution in [0.4, 0.5) is 13.2 Å². The van der Waals surface area contributed by atoms with E-state index in [0.717, 1.165) is 38.5 Å². The zero-order chi connectivity index (χ0) is 18.6. The first kappa shape index (κ1) is 19.2. The van der Waals surface area contributed by atoms with Gasteiger partial charge in [-0.25, -0.2) is 13.2 Å². The lowest BCUT2D eigenvalue weighted by atomic mass is 9.75. The molecule has 0 N–H and O–H groups in total. The quantitative estimate of drug-likeness (QED) is 0.361. The van der Waals surface area contributed by atoms with Crippen LogP contribution in [-0.4, -0.2) is 0 Å². The SMILES string of the molecule is C#Cc1c(F)c(F)c(CC2CCC(C(=C)CCC)CC2)c(F)c1C#C. The summed E-state index contributed by atoms with van der Waals surface area (Å²) in [6.45, 7) is 6.27. The third-order valence-electron chi connectivity index (χ3n) is 5.19. The summed E-state index contributed by atoms with van der Waals surface area (Å²) in [6, 6.07) is 0. The number of terminal acetylenes is 2. The van der Waals surface area contributed by atoms with Gasteiger partial charge in [0, 0.05) is 5.56 Å². The van der Waals surface area contributed by atoms with Gasteiger partial charge in [0.2, 0.25) is 0 Å². The minimum absolute atomic E-state index is 0.108. The Bertz CT molecular complexity index is 738. The molecule has 1 saturated carbocycles. The normalized spacial score (nSPS) is 19.9. The van der Waals surface area contributed by atoms with Crippen molar-refractivity contribution < 1.29 is 13.2 Å². The molecule has 0 bridgehead atoms. The Morgan fingerprint density at radius 3 is 2.08 bits per heavy atom. The smallest absolute Gasteiger partial charge is 0.176 e. The van der Waals surface area contributed by atoms with Gasteiger partial charge in [0.15, 0.2) is 11.6 Å². The Labute approximate surface area is 148 Å². The Hall–Kier alpha value is -2.13. The van der Waals surface area contributed by atoms with Crippen LogP contribution in [0.2, 0.25) is 0 Å². The third-order valence-corrected chi connectivity index (χ3v) is 5.19. The van der Waals surface area contributed by atoms with E-state index in [2.05, 4.69) is 19.4 Å². The van der Waals surface area contributed by atoms with Crippen LogP contribution in [0.15, 0.2) is 12.2 Å². The average molecular weight is 344 g/mol. The first-order chi connectivity index (χ1) is 11.9. The minimum atomic E-state index is -1.23. The largest absolute Gasteiger partial charge is 0.205 e. The number of hydrogen-bond acceptors (Lipinski definition) is 0. The minimum Gasteiger partial charge on any atom is -0.205 e. The van der Waals surface area contributed by atoms with E-state index in [0.29, 0.717) is 5.92 Å². The highest BCUT2D eigenvalue weighted by Gasteiger charge is 2.28. The standard InChI is InChI=1S/C22H23F3/c1-5-8-14(4)16-11-9-15(10-12-16)13-19-20(23)17(6-2)18(7-3)21(24)22(19)25/h2-3,15-16H,4-5,8-13H2,1H3. The maximum Gasteiger partial charge on any atom is 0.176 e. The molecule has 132 valence electrons. The maximum absolute atomic E-state index is 14.6. The summed E-state index contributed by atoms with van der Waals surface area (Å²) in [5.74, 6) is 1.27. The molecule has 1 aromatic carbocycles. The summed E-state index contributed by atoms with van der Waals surface area (Å²) >= 11 is 0. The number of rotatable bonds is 5. The van der Waals surface area contributed by atoms with Gasteiger partial charge >= 0.3 is 0 Å². The van der Waals surface area contributed by atoms with Gasteiger partial charge in [-0.2, -0.15) is 0 Å². The average Bonchev–Trinajstić information content (AvgIpc) is 2.62. The molecule has 25 heavy (non-hydrogen) atoms. The molecule has 0 amide bonds. The lowest BCUT2D eigenvalue weighted by Gasteiger charge is -2.30. The van der Waals surface area contributed by atoms with E-state index >= 15 is 0 Å². The van der Waals surface area contributed by atoms with Crippen LogP contribution < -0.4 is 0 Å². The maximum atomic E-state index is 14.6. The number of hydrogen-bond donors (Lipinski definition) is 0. The molecule has 0 aliphatic heterocycles. The Balaban J connectivity index is 2.18. The lowest BCUT2D eigenvalue weighted by molar-refractivity contribution is 0.291. The van der Waals surface area contributed by atoms with Crippen LogP contribution in [0.1, 0.15) is 62.1 Å². The van der Waals surface area contributed by atoms with Gasteiger partial charge in [-0.3, -0.25) is 0 Å². The first-order valence-corrected chi connectivity index (χ1v) is 8.74. The van der Waals surface area contributed by atoms with Gasteiger partial charge in [0.1, 0.15) is 5.82 Å². The van der Waals surface area contributed by atoms with Crippen LogP contribution >= 0.6 is 0 Å². The molecule has 0 radical (unpaired) electrons. The van der Waals surface area contributed by atoms with Crippen molar-refractivity contribution >= 4 is 0 Å². The van der Waals surface area contributed by atoms with Crippen LogP contribution in [0, 0.1) is 54.0 Å². The van der Waals surface area contributed by atoms with E-state index in [-0.39, 0.29) is 23.5 Å². The molecule has 1 aromatic rings. The second kappa shape index (κ2) is 8.30. The van der Waals surface area contributed by atoms with Crippen molar-refractivity contribution in [2.45, 2.75) is 51.9 Å². The molecule has 0 saturated heterocycles. The predicted molar refractivity (Wildman–Crippen MR) is 95.4 cm³/mol. The van der Waals surface area contributed by atoms with Gasteiger partial charge in [-0.15, -0.1) is 12.8 Å². The number of benzene rings is 1. The van der Waals surface area contributed by atoms with Crippen molar-refractivity contribution in [3.63, 3.8) is 0 Å². The van der Waals surface area contributed by atoms with Crippen LogP contribution in [0.5, 0.6) is 0 Å². The van der Waals surface area contributed by atoms with Crippen molar-refractivity contribution in [2.75, 3.05) is 0 Å². The fourth-order valence-electron chi connectivity index (χ4n) is 3.75. The summed E-state index contributed by atoms with van der Waals surface area (Å²) in [4.78, 5) is 0. The zero-order valence-corrected chi connectivity index (χ0v) is 14.6. The summed E-state index contributed by atoms with van der Waals surface area (Å²) in [7, 11) is 0. The Morgan fingerprint density at radius 2 is 1.56 bits per heavy atom. The molecule has 0 heterocycles. The van der Waals surface area contributed by atoms with E-state index in [1.807, 2.05) is 5.92 Å². The second-order valence-electron chi connectivity index (χ2n) is 6.79. The van der Waals surface area contributed by atoms with E-state index < -0.39 is 23.0 Å². The molecule has 3 heteroatoms. The number of halogens is 3. The molecule has 2 rings (SSSR count). The van der Waals surface area contributed by atoms with Crippen LogP contribution in [-0.2, 0) is 6.42 Å². The van der Waals surface area contributed by atoms with Gasteiger partial charge in [-0.05, 0) is 50.4 Å². The topological polar surface area (TPSA) is 0 Å². The van der Waals surface area contributed by atoms with Gasteiger partial charge in [0.05, 0.1) is 11.1 Å². The molecule has 0 atom stereocenters. The summed E-state index contributed by atoms with van der Waals surface area (Å²) < 4.78 is 43.0. The van der Waals surface area contributed by atoms with E-state index in [4.69, 9.17) is 12.8 Å². The number of allylic oxidation sites excluding steroid dienone is 1. The highest BCUT2D eigenvalue weighted by molar-refractivity contribution is 5.52. The summed E-state index contributed by atoms with van der Waals surface area (Å²) in [5.41, 5.74) is 0.111. The molecule has 0 nitrogen and oxygen atoms in total. The Morgan fingerprint density at radius 1 is 1.00 bits per heavy atom. The van der Waals surface area contributed by atoms with Crippen molar-refractivity contribution in [1.82, 2.24) is 0 Å². The van der Waals surface area contributed by atoms with Gasteiger partial charge in [-0.1, -0.05) is 37.3 Å². The molecule has 0 unspecified atom stereocenters. The molecule has 1 aliphatic carbocycles. The highest BCUT2D eigenvalue weighted by atomic mass is 19.2. The fraction of sp³-hybridized carbons (Fsp3) is 0.455. The summed E-state index contributed by atoms with van der Waals surface area (Å²) in [5, 5.41) is 0. The molecule has 1 fully saturated rings. The molecule has 0 aromatic heterocycles. The van der Waals surface area contributed by atoms with Crippen molar-refractivity contribution in [2.24, 2.45) is 11.8 Å². The predicted octanol–water partition coefficient (Wildman–Crippen LogP) is 5.77. The van der Waals surface area contributed by atoms with Gasteiger partial charge < -0.3 is 0 Å². The molecular weight excluding hydrogens is 321 g/mol. The van der Waals surface area contributed by atoms with E-state index in [1.165, 1.54) is 5.57 Å². The molecule has 0 spiro atoms. The van der Waals surface area contributed by atoms with Crippen LogP contribution in [0.3, 0.4) is 0 Å². The van der Waals surface area contributed by atoms with Crippen molar-refractivity contribution in [3.05, 3.63) is 46.3 Å². The van der Waals surface area contributed by atoms with Crippen LogP contribution in [0.25, 0.3) is 0 Å².